The number of aliphatic hydroxyl groups excluding tert-OH is 3. The maximum atomic E-state index is 10.8. The molecule has 0 saturated carbocycles. The molecule has 0 aliphatic carbocycles. The van der Waals surface area contributed by atoms with Crippen LogP contribution in [0.2, 0.25) is 0 Å². The zero-order chi connectivity index (χ0) is 23.4. The Morgan fingerprint density at radius 3 is 2.21 bits per heavy atom. The normalized spacial score (nSPS) is 31.6. The van der Waals surface area contributed by atoms with Crippen molar-refractivity contribution in [2.45, 2.75) is 70.6 Å². The van der Waals surface area contributed by atoms with Gasteiger partial charge in [0.25, 0.3) is 0 Å². The van der Waals surface area contributed by atoms with Crippen LogP contribution in [0.25, 0.3) is 0 Å². The Bertz CT molecular complexity index is 1040. The second-order valence-corrected chi connectivity index (χ2v) is 8.70. The van der Waals surface area contributed by atoms with Crippen molar-refractivity contribution in [1.82, 2.24) is 0 Å². The van der Waals surface area contributed by atoms with Crippen LogP contribution in [0, 0.1) is 13.8 Å². The minimum absolute atomic E-state index is 0. The molecule has 3 aliphatic heterocycles. The smallest absolute Gasteiger partial charge is 0.229 e. The first-order valence-electron chi connectivity index (χ1n) is 10.9. The van der Waals surface area contributed by atoms with E-state index in [9.17, 15) is 20.4 Å². The second-order valence-electron chi connectivity index (χ2n) is 8.70. The Kier molecular flexibility index (Phi) is 6.67. The third-order valence-electron chi connectivity index (χ3n) is 6.76. The van der Waals surface area contributed by atoms with Crippen LogP contribution in [-0.2, 0) is 9.47 Å². The van der Waals surface area contributed by atoms with Crippen molar-refractivity contribution in [3.8, 4) is 23.0 Å². The number of aliphatic hydroxyl groups is 3. The van der Waals surface area contributed by atoms with Gasteiger partial charge in [-0.2, -0.15) is 0 Å². The van der Waals surface area contributed by atoms with E-state index in [1.165, 1.54) is 0 Å². The Hall–Kier alpha value is -2.56. The number of phenolic OH excluding ortho intramolecular Hbond substituents is 1. The number of aromatic hydroxyl groups is 1. The second kappa shape index (κ2) is 9.24. The van der Waals surface area contributed by atoms with E-state index in [1.807, 2.05) is 24.3 Å². The highest BCUT2D eigenvalue weighted by atomic mass is 16.7. The molecule has 7 atom stereocenters. The zero-order valence-corrected chi connectivity index (χ0v) is 18.6. The summed E-state index contributed by atoms with van der Waals surface area (Å²) in [5, 5.41) is 41.5. The van der Waals surface area contributed by atoms with Crippen LogP contribution in [0.5, 0.6) is 23.0 Å². The fraction of sp³-hybridized carbons (Fsp3) is 0.520. The van der Waals surface area contributed by atoms with Gasteiger partial charge in [0.15, 0.2) is 0 Å². The molecule has 6 unspecified atom stereocenters. The summed E-state index contributed by atoms with van der Waals surface area (Å²) in [5.74, 6) is 1.57. The number of hydrogen-bond acceptors (Lipinski definition) is 9. The highest BCUT2D eigenvalue weighted by Gasteiger charge is 2.51. The molecule has 9 nitrogen and oxygen atoms in total. The molecule has 1 fully saturated rings. The van der Waals surface area contributed by atoms with Gasteiger partial charge in [-0.3, -0.25) is 0 Å². The molecule has 34 heavy (non-hydrogen) atoms. The number of methoxy groups -OCH3 is 1. The SMILES string of the molecule is C.COc1ccc(C2C[C@@H]3OC4C(Oc5c(C)c(O)c(C)c(c53)O2)OC(CO)C(O)C4O)cc1. The molecule has 2 aromatic rings. The van der Waals surface area contributed by atoms with E-state index in [0.717, 1.165) is 11.3 Å². The minimum atomic E-state index is -1.34. The molecule has 0 aromatic heterocycles. The van der Waals surface area contributed by atoms with Gasteiger partial charge in [0.05, 0.1) is 25.4 Å². The Morgan fingerprint density at radius 1 is 0.941 bits per heavy atom. The molecular weight excluding hydrogens is 444 g/mol. The first-order valence-corrected chi connectivity index (χ1v) is 10.9. The third kappa shape index (κ3) is 3.77. The Labute approximate surface area is 198 Å². The predicted octanol–water partition coefficient (Wildman–Crippen LogP) is 2.44. The van der Waals surface area contributed by atoms with Gasteiger partial charge >= 0.3 is 0 Å². The molecule has 4 N–H and O–H groups in total. The minimum Gasteiger partial charge on any atom is -0.507 e. The molecule has 186 valence electrons. The lowest BCUT2D eigenvalue weighted by molar-refractivity contribution is -0.292. The first kappa shape index (κ1) is 24.6. The Morgan fingerprint density at radius 2 is 1.59 bits per heavy atom. The van der Waals surface area contributed by atoms with Crippen LogP contribution in [-0.4, -0.2) is 64.8 Å². The topological polar surface area (TPSA) is 127 Å². The molecule has 1 saturated heterocycles. The van der Waals surface area contributed by atoms with Gasteiger partial charge in [-0.05, 0) is 31.5 Å². The van der Waals surface area contributed by atoms with Gasteiger partial charge < -0.3 is 44.1 Å². The molecule has 5 rings (SSSR count). The third-order valence-corrected chi connectivity index (χ3v) is 6.76. The quantitative estimate of drug-likeness (QED) is 0.528. The van der Waals surface area contributed by atoms with Crippen molar-refractivity contribution in [1.29, 1.82) is 0 Å². The lowest BCUT2D eigenvalue weighted by Crippen LogP contribution is -2.60. The summed E-state index contributed by atoms with van der Waals surface area (Å²) in [4.78, 5) is 0. The monoisotopic (exact) mass is 476 g/mol. The molecule has 0 bridgehead atoms. The van der Waals surface area contributed by atoms with Crippen molar-refractivity contribution in [3.05, 3.63) is 46.5 Å². The number of phenols is 1. The number of ether oxygens (including phenoxy) is 5. The first-order chi connectivity index (χ1) is 15.8. The summed E-state index contributed by atoms with van der Waals surface area (Å²) in [5.41, 5.74) is 2.58. The van der Waals surface area contributed by atoms with E-state index < -0.39 is 49.5 Å². The number of benzene rings is 2. The molecule has 0 amide bonds. The number of fused-ring (bicyclic) bond motifs is 1. The van der Waals surface area contributed by atoms with E-state index in [4.69, 9.17) is 23.7 Å². The van der Waals surface area contributed by atoms with Gasteiger partial charge in [0.2, 0.25) is 6.29 Å². The summed E-state index contributed by atoms with van der Waals surface area (Å²) in [6, 6.07) is 7.50. The molecular formula is C25H32O9. The highest BCUT2D eigenvalue weighted by molar-refractivity contribution is 5.63. The highest BCUT2D eigenvalue weighted by Crippen LogP contribution is 2.55. The number of hydrogen-bond donors (Lipinski definition) is 4. The van der Waals surface area contributed by atoms with E-state index >= 15 is 0 Å². The largest absolute Gasteiger partial charge is 0.507 e. The van der Waals surface area contributed by atoms with Crippen LogP contribution >= 0.6 is 0 Å². The van der Waals surface area contributed by atoms with Crippen LogP contribution in [0.1, 0.15) is 48.3 Å². The fourth-order valence-corrected chi connectivity index (χ4v) is 4.85. The average molecular weight is 477 g/mol. The van der Waals surface area contributed by atoms with E-state index in [-0.39, 0.29) is 13.2 Å². The molecule has 3 aliphatic rings. The molecule has 3 heterocycles. The number of rotatable bonds is 3. The van der Waals surface area contributed by atoms with Gasteiger partial charge in [0, 0.05) is 17.5 Å². The maximum Gasteiger partial charge on any atom is 0.229 e. The van der Waals surface area contributed by atoms with Crippen molar-refractivity contribution in [2.24, 2.45) is 0 Å². The molecule has 0 spiro atoms. The van der Waals surface area contributed by atoms with Gasteiger partial charge in [-0.25, -0.2) is 0 Å². The lowest BCUT2D eigenvalue weighted by atomic mass is 9.90. The summed E-state index contributed by atoms with van der Waals surface area (Å²) >= 11 is 0. The maximum absolute atomic E-state index is 10.8. The van der Waals surface area contributed by atoms with Gasteiger partial charge in [-0.15, -0.1) is 0 Å². The summed E-state index contributed by atoms with van der Waals surface area (Å²) in [6.07, 6.45) is -6.34. The van der Waals surface area contributed by atoms with Crippen LogP contribution in [0.4, 0.5) is 0 Å². The van der Waals surface area contributed by atoms with Crippen LogP contribution in [0.15, 0.2) is 24.3 Å². The summed E-state index contributed by atoms with van der Waals surface area (Å²) in [6.45, 7) is 3.00. The van der Waals surface area contributed by atoms with E-state index in [2.05, 4.69) is 0 Å². The summed E-state index contributed by atoms with van der Waals surface area (Å²) < 4.78 is 29.8. The summed E-state index contributed by atoms with van der Waals surface area (Å²) in [7, 11) is 1.60. The standard InChI is InChI=1S/C24H28O9.CH4/c1-10-18(26)11(2)22-17-15(31-23-20(28)19(27)16(9-25)32-24(23)33-22)8-14(30-21(10)17)12-4-6-13(29-3)7-5-12;/h4-7,14-16,19-20,23-28H,8-9H2,1-3H3;1H4/t14?,15-,16?,19?,20?,23?,24?;/m0./s1. The average Bonchev–Trinajstić information content (AvgIpc) is 3.00. The van der Waals surface area contributed by atoms with Gasteiger partial charge in [-0.1, -0.05) is 19.6 Å². The van der Waals surface area contributed by atoms with E-state index in [0.29, 0.717) is 34.6 Å². The van der Waals surface area contributed by atoms with Crippen molar-refractivity contribution in [2.75, 3.05) is 13.7 Å². The van der Waals surface area contributed by atoms with Crippen molar-refractivity contribution < 1.29 is 44.1 Å². The van der Waals surface area contributed by atoms with Crippen molar-refractivity contribution in [3.63, 3.8) is 0 Å². The van der Waals surface area contributed by atoms with E-state index in [1.54, 1.807) is 21.0 Å². The molecule has 9 heteroatoms. The zero-order valence-electron chi connectivity index (χ0n) is 18.6. The van der Waals surface area contributed by atoms with Crippen LogP contribution < -0.4 is 14.2 Å². The Balaban J connectivity index is 0.00000274. The van der Waals surface area contributed by atoms with Crippen LogP contribution in [0.3, 0.4) is 0 Å². The van der Waals surface area contributed by atoms with Crippen molar-refractivity contribution >= 4 is 0 Å². The lowest BCUT2D eigenvalue weighted by Gasteiger charge is -2.41. The molecule has 0 radical (unpaired) electrons. The molecule has 2 aromatic carbocycles. The predicted molar refractivity (Wildman–Crippen MR) is 121 cm³/mol. The van der Waals surface area contributed by atoms with Gasteiger partial charge in [0.1, 0.15) is 53.5 Å². The fourth-order valence-electron chi connectivity index (χ4n) is 4.85.